The molecule has 4 rings (SSSR count). The summed E-state index contributed by atoms with van der Waals surface area (Å²) in [4.78, 5) is 17.7. The van der Waals surface area contributed by atoms with Crippen LogP contribution in [0.2, 0.25) is 0 Å². The number of fused-ring (bicyclic) bond motifs is 1. The van der Waals surface area contributed by atoms with Crippen LogP contribution in [0, 0.1) is 0 Å². The molecule has 0 radical (unpaired) electrons. The lowest BCUT2D eigenvalue weighted by molar-refractivity contribution is -0.139. The number of carbonyl (C=O) groups excluding carboxylic acids is 1. The highest BCUT2D eigenvalue weighted by molar-refractivity contribution is 5.92. The second-order valence-electron chi connectivity index (χ2n) is 7.56. The molecule has 1 aliphatic heterocycles. The quantitative estimate of drug-likeness (QED) is 0.495. The molecule has 0 fully saturated rings. The van der Waals surface area contributed by atoms with Gasteiger partial charge in [0.1, 0.15) is 11.8 Å². The lowest BCUT2D eigenvalue weighted by atomic mass is 9.95. The molecule has 1 aromatic heterocycles. The van der Waals surface area contributed by atoms with Crippen LogP contribution in [0.1, 0.15) is 32.4 Å². The van der Waals surface area contributed by atoms with Gasteiger partial charge in [-0.15, -0.1) is 5.10 Å². The Morgan fingerprint density at radius 3 is 2.41 bits per heavy atom. The van der Waals surface area contributed by atoms with Crippen molar-refractivity contribution in [2.75, 3.05) is 32.8 Å². The van der Waals surface area contributed by atoms with Crippen molar-refractivity contribution in [1.29, 1.82) is 0 Å². The van der Waals surface area contributed by atoms with Gasteiger partial charge in [0.2, 0.25) is 5.95 Å². The second kappa shape index (κ2) is 9.86. The number of allylic oxidation sites excluding steroid dienone is 1. The summed E-state index contributed by atoms with van der Waals surface area (Å²) in [5.74, 6) is 2.54. The van der Waals surface area contributed by atoms with Crippen LogP contribution < -0.4 is 19.5 Å². The van der Waals surface area contributed by atoms with Crippen LogP contribution >= 0.6 is 0 Å². The zero-order valence-electron chi connectivity index (χ0n) is 19.9. The smallest absolute Gasteiger partial charge is 0.338 e. The minimum absolute atomic E-state index is 0.260. The van der Waals surface area contributed by atoms with Gasteiger partial charge in [0, 0.05) is 11.3 Å². The Balaban J connectivity index is 1.82. The Bertz CT molecular complexity index is 1220. The average Bonchev–Trinajstić information content (AvgIpc) is 3.27. The highest BCUT2D eigenvalue weighted by atomic mass is 16.5. The number of methoxy groups -OCH3 is 2. The number of aromatic nitrogens is 3. The first-order chi connectivity index (χ1) is 16.5. The summed E-state index contributed by atoms with van der Waals surface area (Å²) < 4.78 is 23.5. The molecular weight excluding hydrogens is 436 g/mol. The van der Waals surface area contributed by atoms with Crippen molar-refractivity contribution in [2.45, 2.75) is 26.8 Å². The van der Waals surface area contributed by atoms with Gasteiger partial charge in [-0.25, -0.2) is 9.48 Å². The molecule has 1 atom stereocenters. The van der Waals surface area contributed by atoms with Crippen LogP contribution in [0.25, 0.3) is 11.4 Å². The molecule has 1 unspecified atom stereocenters. The van der Waals surface area contributed by atoms with Crippen LogP contribution in [0.4, 0.5) is 5.95 Å². The number of nitrogens with zero attached hydrogens (tertiary/aromatic N) is 3. The number of carbonyl (C=O) groups is 1. The van der Waals surface area contributed by atoms with Crippen molar-refractivity contribution in [2.24, 2.45) is 0 Å². The molecule has 0 spiro atoms. The fourth-order valence-corrected chi connectivity index (χ4v) is 3.94. The van der Waals surface area contributed by atoms with E-state index in [2.05, 4.69) is 5.32 Å². The number of ether oxygens (including phenoxy) is 4. The molecule has 34 heavy (non-hydrogen) atoms. The van der Waals surface area contributed by atoms with Gasteiger partial charge in [0.25, 0.3) is 0 Å². The third-order valence-electron chi connectivity index (χ3n) is 5.49. The lowest BCUT2D eigenvalue weighted by Gasteiger charge is -2.28. The highest BCUT2D eigenvalue weighted by Crippen LogP contribution is 2.39. The molecule has 2 aromatic carbocycles. The molecule has 9 nitrogen and oxygen atoms in total. The number of hydrogen-bond acceptors (Lipinski definition) is 8. The van der Waals surface area contributed by atoms with Crippen LogP contribution in [0.5, 0.6) is 17.2 Å². The van der Waals surface area contributed by atoms with E-state index in [-0.39, 0.29) is 6.61 Å². The van der Waals surface area contributed by atoms with Crippen LogP contribution in [0.15, 0.2) is 53.7 Å². The van der Waals surface area contributed by atoms with Crippen LogP contribution in [-0.2, 0) is 9.53 Å². The molecule has 3 aromatic rings. The van der Waals surface area contributed by atoms with Crippen molar-refractivity contribution in [3.05, 3.63) is 59.3 Å². The van der Waals surface area contributed by atoms with Crippen LogP contribution in [-0.4, -0.2) is 48.2 Å². The minimum atomic E-state index is -0.570. The number of benzene rings is 2. The third-order valence-corrected chi connectivity index (χ3v) is 5.49. The number of rotatable bonds is 8. The summed E-state index contributed by atoms with van der Waals surface area (Å²) in [6.45, 7) is 6.40. The summed E-state index contributed by atoms with van der Waals surface area (Å²) >= 11 is 0. The minimum Gasteiger partial charge on any atom is -0.494 e. The van der Waals surface area contributed by atoms with Gasteiger partial charge in [0.15, 0.2) is 17.3 Å². The molecule has 0 bridgehead atoms. The van der Waals surface area contributed by atoms with E-state index >= 15 is 0 Å². The number of anilines is 1. The summed E-state index contributed by atoms with van der Waals surface area (Å²) in [6.07, 6.45) is 0. The van der Waals surface area contributed by atoms with Gasteiger partial charge in [-0.3, -0.25) is 0 Å². The Kier molecular flexibility index (Phi) is 6.72. The Morgan fingerprint density at radius 2 is 1.76 bits per heavy atom. The lowest BCUT2D eigenvalue weighted by Crippen LogP contribution is -2.29. The van der Waals surface area contributed by atoms with Crippen molar-refractivity contribution in [3.8, 4) is 28.6 Å². The van der Waals surface area contributed by atoms with Crippen molar-refractivity contribution >= 4 is 11.9 Å². The molecular formula is C25H28N4O5. The summed E-state index contributed by atoms with van der Waals surface area (Å²) in [7, 11) is 3.15. The SMILES string of the molecule is CCOC(=O)C1=C(C)Nc2nc(-c3ccc(OCC)cc3)nn2C1c1ccc(OC)c(OC)c1. The van der Waals surface area contributed by atoms with E-state index in [1.54, 1.807) is 31.9 Å². The van der Waals surface area contributed by atoms with E-state index in [9.17, 15) is 4.79 Å². The zero-order valence-corrected chi connectivity index (χ0v) is 19.9. The van der Waals surface area contributed by atoms with E-state index in [0.717, 1.165) is 16.9 Å². The Morgan fingerprint density at radius 1 is 1.03 bits per heavy atom. The first-order valence-electron chi connectivity index (χ1n) is 11.1. The van der Waals surface area contributed by atoms with E-state index in [4.69, 9.17) is 29.0 Å². The van der Waals surface area contributed by atoms with E-state index in [1.807, 2.05) is 50.2 Å². The maximum absolute atomic E-state index is 13.0. The Labute approximate surface area is 198 Å². The topological polar surface area (TPSA) is 96.7 Å². The predicted octanol–water partition coefficient (Wildman–Crippen LogP) is 4.21. The van der Waals surface area contributed by atoms with Crippen molar-refractivity contribution in [1.82, 2.24) is 14.8 Å². The molecule has 1 N–H and O–H groups in total. The van der Waals surface area contributed by atoms with Gasteiger partial charge in [0.05, 0.1) is 33.0 Å². The van der Waals surface area contributed by atoms with Gasteiger partial charge in [-0.1, -0.05) is 6.07 Å². The second-order valence-corrected chi connectivity index (χ2v) is 7.56. The van der Waals surface area contributed by atoms with Gasteiger partial charge >= 0.3 is 5.97 Å². The highest BCUT2D eigenvalue weighted by Gasteiger charge is 2.35. The molecule has 2 heterocycles. The van der Waals surface area contributed by atoms with Crippen molar-refractivity contribution in [3.63, 3.8) is 0 Å². The maximum Gasteiger partial charge on any atom is 0.338 e. The molecule has 178 valence electrons. The summed E-state index contributed by atoms with van der Waals surface area (Å²) in [6, 6.07) is 12.5. The molecule has 9 heteroatoms. The standard InChI is InChI=1S/C25H28N4O5/c1-6-33-18-11-8-16(9-12-18)23-27-25-26-15(3)21(24(30)34-7-2)22(29(25)28-23)17-10-13-19(31-4)20(14-17)32-5/h8-14,22H,6-7H2,1-5H3,(H,26,27,28). The molecule has 0 saturated carbocycles. The van der Waals surface area contributed by atoms with Crippen molar-refractivity contribution < 1.29 is 23.7 Å². The largest absolute Gasteiger partial charge is 0.494 e. The molecule has 0 saturated heterocycles. The predicted molar refractivity (Wildman–Crippen MR) is 127 cm³/mol. The summed E-state index contributed by atoms with van der Waals surface area (Å²) in [5, 5.41) is 7.98. The van der Waals surface area contributed by atoms with Gasteiger partial charge in [-0.05, 0) is 62.7 Å². The normalized spacial score (nSPS) is 14.8. The fourth-order valence-electron chi connectivity index (χ4n) is 3.94. The number of nitrogens with one attached hydrogen (secondary N) is 1. The Hall–Kier alpha value is -4.01. The van der Waals surface area contributed by atoms with Gasteiger partial charge < -0.3 is 24.3 Å². The van der Waals surface area contributed by atoms with E-state index < -0.39 is 12.0 Å². The zero-order chi connectivity index (χ0) is 24.2. The molecule has 1 aliphatic rings. The molecule has 0 aliphatic carbocycles. The fraction of sp³-hybridized carbons (Fsp3) is 0.320. The van der Waals surface area contributed by atoms with Gasteiger partial charge in [-0.2, -0.15) is 4.98 Å². The average molecular weight is 465 g/mol. The third kappa shape index (κ3) is 4.28. The first-order valence-corrected chi connectivity index (χ1v) is 11.1. The maximum atomic E-state index is 13.0. The van der Waals surface area contributed by atoms with Crippen LogP contribution in [0.3, 0.4) is 0 Å². The number of esters is 1. The number of hydrogen-bond donors (Lipinski definition) is 1. The van der Waals surface area contributed by atoms with E-state index in [0.29, 0.717) is 41.1 Å². The monoisotopic (exact) mass is 464 g/mol. The summed E-state index contributed by atoms with van der Waals surface area (Å²) in [5.41, 5.74) is 2.71. The first kappa shape index (κ1) is 23.2. The molecule has 0 amide bonds. The van der Waals surface area contributed by atoms with E-state index in [1.165, 1.54) is 0 Å².